The first-order chi connectivity index (χ1) is 7.38. The third-order valence-corrected chi connectivity index (χ3v) is 3.56. The number of halogens is 1. The van der Waals surface area contributed by atoms with E-state index in [0.29, 0.717) is 12.6 Å². The molecule has 1 heterocycles. The Bertz CT molecular complexity index is 153. The van der Waals surface area contributed by atoms with Gasteiger partial charge in [-0.1, -0.05) is 12.8 Å². The first-order valence-corrected chi connectivity index (χ1v) is 6.83. The fourth-order valence-electron chi connectivity index (χ4n) is 2.42. The average molecular weight is 234 g/mol. The predicted molar refractivity (Wildman–Crippen MR) is 65.5 cm³/mol. The molecule has 0 aromatic rings. The van der Waals surface area contributed by atoms with Crippen LogP contribution in [0.5, 0.6) is 0 Å². The Balaban J connectivity index is 2.17. The van der Waals surface area contributed by atoms with Gasteiger partial charge >= 0.3 is 0 Å². The lowest BCUT2D eigenvalue weighted by atomic mass is 9.99. The molecule has 1 aliphatic rings. The quantitative estimate of drug-likeness (QED) is 0.540. The van der Waals surface area contributed by atoms with Crippen LogP contribution in [0.3, 0.4) is 0 Å². The third kappa shape index (κ3) is 5.19. The molecule has 0 radical (unpaired) electrons. The maximum atomic E-state index is 9.00. The van der Waals surface area contributed by atoms with E-state index in [4.69, 9.17) is 16.7 Å². The third-order valence-electron chi connectivity index (χ3n) is 3.29. The van der Waals surface area contributed by atoms with E-state index >= 15 is 0 Å². The first kappa shape index (κ1) is 13.3. The molecule has 1 fully saturated rings. The molecule has 3 heteroatoms. The zero-order valence-corrected chi connectivity index (χ0v) is 10.4. The zero-order chi connectivity index (χ0) is 10.9. The Kier molecular flexibility index (Phi) is 7.41. The highest BCUT2D eigenvalue weighted by molar-refractivity contribution is 6.17. The van der Waals surface area contributed by atoms with Gasteiger partial charge in [0.25, 0.3) is 0 Å². The summed E-state index contributed by atoms with van der Waals surface area (Å²) in [5.74, 6) is 0.792. The number of likely N-dealkylation sites (tertiary alicyclic amines) is 1. The molecule has 0 aromatic carbocycles. The summed E-state index contributed by atoms with van der Waals surface area (Å²) in [5.41, 5.74) is 0. The molecule has 0 bridgehead atoms. The SMILES string of the molecule is OCCC1CCCCN1CCCCCCl. The molecule has 1 rings (SSSR count). The maximum Gasteiger partial charge on any atom is 0.0445 e. The smallest absolute Gasteiger partial charge is 0.0445 e. The summed E-state index contributed by atoms with van der Waals surface area (Å²) in [6.07, 6.45) is 8.53. The van der Waals surface area contributed by atoms with Crippen LogP contribution in [0.2, 0.25) is 0 Å². The van der Waals surface area contributed by atoms with Gasteiger partial charge in [-0.15, -0.1) is 11.6 Å². The monoisotopic (exact) mass is 233 g/mol. The lowest BCUT2D eigenvalue weighted by Crippen LogP contribution is -2.40. The number of piperidine rings is 1. The molecule has 0 aromatic heterocycles. The summed E-state index contributed by atoms with van der Waals surface area (Å²) in [7, 11) is 0. The van der Waals surface area contributed by atoms with Crippen molar-refractivity contribution in [2.75, 3.05) is 25.6 Å². The Morgan fingerprint density at radius 2 is 2.07 bits per heavy atom. The molecule has 15 heavy (non-hydrogen) atoms. The van der Waals surface area contributed by atoms with E-state index in [9.17, 15) is 0 Å². The molecule has 2 nitrogen and oxygen atoms in total. The number of nitrogens with zero attached hydrogens (tertiary/aromatic N) is 1. The lowest BCUT2D eigenvalue weighted by molar-refractivity contribution is 0.117. The van der Waals surface area contributed by atoms with Gasteiger partial charge in [0.2, 0.25) is 0 Å². The topological polar surface area (TPSA) is 23.5 Å². The second-order valence-corrected chi connectivity index (χ2v) is 4.83. The van der Waals surface area contributed by atoms with Crippen molar-refractivity contribution in [1.82, 2.24) is 4.90 Å². The van der Waals surface area contributed by atoms with Crippen LogP contribution in [0.25, 0.3) is 0 Å². The van der Waals surface area contributed by atoms with Crippen LogP contribution in [0, 0.1) is 0 Å². The Morgan fingerprint density at radius 3 is 2.80 bits per heavy atom. The average Bonchev–Trinajstić information content (AvgIpc) is 2.27. The summed E-state index contributed by atoms with van der Waals surface area (Å²) in [5, 5.41) is 9.00. The largest absolute Gasteiger partial charge is 0.396 e. The van der Waals surface area contributed by atoms with Crippen molar-refractivity contribution in [1.29, 1.82) is 0 Å². The van der Waals surface area contributed by atoms with E-state index in [1.54, 1.807) is 0 Å². The minimum Gasteiger partial charge on any atom is -0.396 e. The molecule has 0 spiro atoms. The van der Waals surface area contributed by atoms with Gasteiger partial charge in [0.05, 0.1) is 0 Å². The summed E-state index contributed by atoms with van der Waals surface area (Å²) in [6, 6.07) is 0.639. The van der Waals surface area contributed by atoms with Crippen molar-refractivity contribution in [2.45, 2.75) is 51.0 Å². The maximum absolute atomic E-state index is 9.00. The predicted octanol–water partition coefficient (Wildman–Crippen LogP) is 2.63. The van der Waals surface area contributed by atoms with Crippen molar-refractivity contribution in [3.63, 3.8) is 0 Å². The fourth-order valence-corrected chi connectivity index (χ4v) is 2.61. The summed E-state index contributed by atoms with van der Waals surface area (Å²) in [4.78, 5) is 2.56. The number of aliphatic hydroxyl groups is 1. The number of unbranched alkanes of at least 4 members (excludes halogenated alkanes) is 2. The molecule has 1 N–H and O–H groups in total. The summed E-state index contributed by atoms with van der Waals surface area (Å²) >= 11 is 5.65. The van der Waals surface area contributed by atoms with Crippen LogP contribution in [-0.4, -0.2) is 41.6 Å². The van der Waals surface area contributed by atoms with Crippen molar-refractivity contribution in [2.24, 2.45) is 0 Å². The molecule has 1 saturated heterocycles. The number of hydrogen-bond acceptors (Lipinski definition) is 2. The van der Waals surface area contributed by atoms with Crippen LogP contribution in [0.4, 0.5) is 0 Å². The minimum atomic E-state index is 0.336. The molecular formula is C12H24ClNO. The van der Waals surface area contributed by atoms with Crippen LogP contribution in [-0.2, 0) is 0 Å². The highest BCUT2D eigenvalue weighted by Gasteiger charge is 2.20. The van der Waals surface area contributed by atoms with E-state index in [1.165, 1.54) is 45.2 Å². The lowest BCUT2D eigenvalue weighted by Gasteiger charge is -2.35. The molecule has 0 saturated carbocycles. The number of aliphatic hydroxyl groups excluding tert-OH is 1. The molecular weight excluding hydrogens is 210 g/mol. The van der Waals surface area contributed by atoms with Crippen molar-refractivity contribution >= 4 is 11.6 Å². The minimum absolute atomic E-state index is 0.336. The highest BCUT2D eigenvalue weighted by atomic mass is 35.5. The van der Waals surface area contributed by atoms with Gasteiger partial charge in [0.15, 0.2) is 0 Å². The molecule has 0 amide bonds. The van der Waals surface area contributed by atoms with E-state index < -0.39 is 0 Å². The fraction of sp³-hybridized carbons (Fsp3) is 1.00. The Hall–Kier alpha value is 0.210. The second-order valence-electron chi connectivity index (χ2n) is 4.45. The molecule has 90 valence electrons. The number of hydrogen-bond donors (Lipinski definition) is 1. The van der Waals surface area contributed by atoms with Gasteiger partial charge in [-0.25, -0.2) is 0 Å². The van der Waals surface area contributed by atoms with Gasteiger partial charge in [0, 0.05) is 18.5 Å². The summed E-state index contributed by atoms with van der Waals surface area (Å²) in [6.45, 7) is 2.76. The van der Waals surface area contributed by atoms with E-state index in [2.05, 4.69) is 4.90 Å². The highest BCUT2D eigenvalue weighted by Crippen LogP contribution is 2.19. The van der Waals surface area contributed by atoms with Gasteiger partial charge in [-0.2, -0.15) is 0 Å². The molecule has 1 atom stereocenters. The van der Waals surface area contributed by atoms with Gasteiger partial charge in [0.1, 0.15) is 0 Å². The van der Waals surface area contributed by atoms with Crippen LogP contribution < -0.4 is 0 Å². The number of alkyl halides is 1. The van der Waals surface area contributed by atoms with Gasteiger partial charge < -0.3 is 10.0 Å². The van der Waals surface area contributed by atoms with Gasteiger partial charge in [-0.05, 0) is 45.2 Å². The Labute approximate surface area is 98.6 Å². The Morgan fingerprint density at radius 1 is 1.20 bits per heavy atom. The number of rotatable bonds is 7. The van der Waals surface area contributed by atoms with E-state index in [0.717, 1.165) is 18.7 Å². The van der Waals surface area contributed by atoms with Gasteiger partial charge in [-0.3, -0.25) is 0 Å². The van der Waals surface area contributed by atoms with Crippen LogP contribution in [0.15, 0.2) is 0 Å². The molecule has 1 unspecified atom stereocenters. The standard InChI is InChI=1S/C12H24ClNO/c13-8-3-1-4-9-14-10-5-2-6-12(14)7-11-15/h12,15H,1-11H2. The molecule has 1 aliphatic heterocycles. The van der Waals surface area contributed by atoms with E-state index in [1.807, 2.05) is 0 Å². The summed E-state index contributed by atoms with van der Waals surface area (Å²) < 4.78 is 0. The van der Waals surface area contributed by atoms with Crippen LogP contribution in [0.1, 0.15) is 44.9 Å². The normalized spacial score (nSPS) is 23.2. The zero-order valence-electron chi connectivity index (χ0n) is 9.63. The first-order valence-electron chi connectivity index (χ1n) is 6.29. The van der Waals surface area contributed by atoms with Crippen molar-refractivity contribution in [3.05, 3.63) is 0 Å². The van der Waals surface area contributed by atoms with Crippen LogP contribution >= 0.6 is 11.6 Å². The van der Waals surface area contributed by atoms with E-state index in [-0.39, 0.29) is 0 Å². The van der Waals surface area contributed by atoms with Crippen molar-refractivity contribution in [3.8, 4) is 0 Å². The molecule has 0 aliphatic carbocycles. The second kappa shape index (κ2) is 8.37. The van der Waals surface area contributed by atoms with Crippen molar-refractivity contribution < 1.29 is 5.11 Å².